The van der Waals surface area contributed by atoms with Crippen molar-refractivity contribution >= 4 is 17.5 Å². The molecule has 9 heteroatoms. The molecule has 0 radical (unpaired) electrons. The number of ether oxygens (including phenoxy) is 1. The lowest BCUT2D eigenvalue weighted by Gasteiger charge is -2.46. The zero-order valence-corrected chi connectivity index (χ0v) is 20.1. The second-order valence-corrected chi connectivity index (χ2v) is 9.65. The lowest BCUT2D eigenvalue weighted by Crippen LogP contribution is -2.53. The molecule has 2 aromatic carbocycles. The minimum atomic E-state index is -4.57. The summed E-state index contributed by atoms with van der Waals surface area (Å²) in [6.07, 6.45) is -1.86. The molecule has 37 heavy (non-hydrogen) atoms. The van der Waals surface area contributed by atoms with Crippen LogP contribution in [0.25, 0.3) is 0 Å². The van der Waals surface area contributed by atoms with Gasteiger partial charge in [-0.25, -0.2) is 4.79 Å². The number of alkyl halides is 3. The predicted molar refractivity (Wildman–Crippen MR) is 129 cm³/mol. The number of Topliss-reactive ketones (excluding diaryl/α,β-unsaturated/α-hetero) is 1. The molecule has 1 fully saturated rings. The van der Waals surface area contributed by atoms with E-state index in [0.29, 0.717) is 61.4 Å². The Labute approximate surface area is 212 Å². The monoisotopic (exact) mass is 509 g/mol. The fourth-order valence-corrected chi connectivity index (χ4v) is 5.46. The fraction of sp³-hybridized carbons (Fsp3) is 0.393. The van der Waals surface area contributed by atoms with Crippen molar-refractivity contribution in [3.8, 4) is 6.07 Å². The lowest BCUT2D eigenvalue weighted by molar-refractivity contribution is -0.137. The van der Waals surface area contributed by atoms with Gasteiger partial charge in [0.2, 0.25) is 0 Å². The summed E-state index contributed by atoms with van der Waals surface area (Å²) in [6.45, 7) is 1.48. The fourth-order valence-electron chi connectivity index (χ4n) is 5.46. The Bertz CT molecular complexity index is 1270. The molecule has 192 valence electrons. The van der Waals surface area contributed by atoms with Gasteiger partial charge in [-0.15, -0.1) is 0 Å². The molecule has 2 aromatic rings. The van der Waals surface area contributed by atoms with E-state index in [0.717, 1.165) is 25.0 Å². The second kappa shape index (κ2) is 10.0. The van der Waals surface area contributed by atoms with Crippen LogP contribution >= 0.6 is 0 Å². The Morgan fingerprint density at radius 3 is 2.43 bits per heavy atom. The number of anilines is 1. The third-order valence-electron chi connectivity index (χ3n) is 7.30. The highest BCUT2D eigenvalue weighted by Gasteiger charge is 2.45. The average Bonchev–Trinajstić information content (AvgIpc) is 2.90. The molecule has 0 spiro atoms. The molecule has 2 heterocycles. The molecule has 1 aliphatic carbocycles. The topological polar surface area (TPSA) is 73.6 Å². The van der Waals surface area contributed by atoms with Gasteiger partial charge in [-0.2, -0.15) is 18.4 Å². The summed E-state index contributed by atoms with van der Waals surface area (Å²) in [5, 5.41) is 9.24. The van der Waals surface area contributed by atoms with E-state index < -0.39 is 23.8 Å². The molecule has 2 aliphatic heterocycles. The van der Waals surface area contributed by atoms with Crippen molar-refractivity contribution in [2.75, 3.05) is 24.7 Å². The molecule has 1 unspecified atom stereocenters. The number of ketones is 1. The summed E-state index contributed by atoms with van der Waals surface area (Å²) in [5.41, 5.74) is 1.30. The van der Waals surface area contributed by atoms with Crippen LogP contribution in [0.2, 0.25) is 0 Å². The van der Waals surface area contributed by atoms with Crippen LogP contribution in [0, 0.1) is 17.2 Å². The van der Waals surface area contributed by atoms with Crippen LogP contribution in [-0.4, -0.2) is 36.5 Å². The Hall–Kier alpha value is -3.64. The van der Waals surface area contributed by atoms with Crippen molar-refractivity contribution in [3.05, 3.63) is 76.5 Å². The Morgan fingerprint density at radius 2 is 1.76 bits per heavy atom. The standard InChI is InChI=1S/C28H26F3N3O3/c29-28(30,31)21-3-1-4-22(15-21)34-23-5-2-6-24(35)25(23)26(20-9-7-18(16-32)8-10-20)33(27(34)36)17-19-11-13-37-14-12-19/h1,3-4,7-10,15,19,26H,2,5-6,11-14,17H2. The maximum atomic E-state index is 14.2. The van der Waals surface area contributed by atoms with E-state index in [1.54, 1.807) is 29.2 Å². The first kappa shape index (κ1) is 25.0. The second-order valence-electron chi connectivity index (χ2n) is 9.65. The van der Waals surface area contributed by atoms with E-state index in [9.17, 15) is 28.0 Å². The van der Waals surface area contributed by atoms with Gasteiger partial charge in [-0.3, -0.25) is 9.69 Å². The van der Waals surface area contributed by atoms with Crippen molar-refractivity contribution in [1.29, 1.82) is 5.26 Å². The molecular weight excluding hydrogens is 483 g/mol. The molecule has 5 rings (SSSR count). The van der Waals surface area contributed by atoms with Crippen molar-refractivity contribution in [3.63, 3.8) is 0 Å². The lowest BCUT2D eigenvalue weighted by atomic mass is 9.82. The number of nitriles is 1. The highest BCUT2D eigenvalue weighted by molar-refractivity contribution is 6.06. The first-order chi connectivity index (χ1) is 17.8. The normalized spacial score (nSPS) is 21.2. The Morgan fingerprint density at radius 1 is 1.03 bits per heavy atom. The predicted octanol–water partition coefficient (Wildman–Crippen LogP) is 5.99. The summed E-state index contributed by atoms with van der Waals surface area (Å²) in [7, 11) is 0. The maximum absolute atomic E-state index is 14.2. The van der Waals surface area contributed by atoms with Crippen LogP contribution in [0.1, 0.15) is 54.8 Å². The van der Waals surface area contributed by atoms with Crippen molar-refractivity contribution in [2.24, 2.45) is 5.92 Å². The summed E-state index contributed by atoms with van der Waals surface area (Å²) in [5.74, 6) is 0.0137. The zero-order chi connectivity index (χ0) is 26.2. The van der Waals surface area contributed by atoms with Crippen LogP contribution in [0.4, 0.5) is 23.7 Å². The first-order valence-electron chi connectivity index (χ1n) is 12.4. The third kappa shape index (κ3) is 4.86. The number of amides is 2. The molecule has 1 atom stereocenters. The number of benzene rings is 2. The quantitative estimate of drug-likeness (QED) is 0.507. The van der Waals surface area contributed by atoms with Crippen molar-refractivity contribution < 1.29 is 27.5 Å². The van der Waals surface area contributed by atoms with Gasteiger partial charge in [0.1, 0.15) is 0 Å². The average molecular weight is 510 g/mol. The number of urea groups is 1. The van der Waals surface area contributed by atoms with Gasteiger partial charge in [0, 0.05) is 37.4 Å². The van der Waals surface area contributed by atoms with E-state index in [1.807, 2.05) is 0 Å². The Kier molecular flexibility index (Phi) is 6.78. The van der Waals surface area contributed by atoms with Gasteiger partial charge in [0.25, 0.3) is 0 Å². The van der Waals surface area contributed by atoms with Crippen LogP contribution in [0.3, 0.4) is 0 Å². The van der Waals surface area contributed by atoms with Crippen LogP contribution < -0.4 is 4.90 Å². The van der Waals surface area contributed by atoms with E-state index in [1.165, 1.54) is 17.0 Å². The minimum absolute atomic E-state index is 0.0947. The highest BCUT2D eigenvalue weighted by Crippen LogP contribution is 2.45. The molecule has 2 amide bonds. The van der Waals surface area contributed by atoms with Gasteiger partial charge >= 0.3 is 12.2 Å². The van der Waals surface area contributed by atoms with Crippen molar-refractivity contribution in [2.45, 2.75) is 44.3 Å². The molecule has 0 saturated carbocycles. The molecule has 3 aliphatic rings. The van der Waals surface area contributed by atoms with Gasteiger partial charge in [0.15, 0.2) is 5.78 Å². The largest absolute Gasteiger partial charge is 0.416 e. The summed E-state index contributed by atoms with van der Waals surface area (Å²) < 4.78 is 46.1. The van der Waals surface area contributed by atoms with Gasteiger partial charge in [0.05, 0.1) is 28.9 Å². The molecule has 1 saturated heterocycles. The summed E-state index contributed by atoms with van der Waals surface area (Å²) in [6, 6.07) is 12.5. The minimum Gasteiger partial charge on any atom is -0.381 e. The number of carbonyl (C=O) groups excluding carboxylic acids is 2. The maximum Gasteiger partial charge on any atom is 0.416 e. The van der Waals surface area contributed by atoms with E-state index in [2.05, 4.69) is 6.07 Å². The number of hydrogen-bond acceptors (Lipinski definition) is 4. The first-order valence-corrected chi connectivity index (χ1v) is 12.4. The molecule has 6 nitrogen and oxygen atoms in total. The van der Waals surface area contributed by atoms with E-state index in [4.69, 9.17) is 4.74 Å². The van der Waals surface area contributed by atoms with Gasteiger partial charge in [-0.05, 0) is 67.5 Å². The third-order valence-corrected chi connectivity index (χ3v) is 7.30. The van der Waals surface area contributed by atoms with Crippen LogP contribution in [-0.2, 0) is 15.7 Å². The van der Waals surface area contributed by atoms with E-state index in [-0.39, 0.29) is 17.4 Å². The number of carbonyl (C=O) groups is 2. The zero-order valence-electron chi connectivity index (χ0n) is 20.1. The highest BCUT2D eigenvalue weighted by atomic mass is 19.4. The number of nitrogens with zero attached hydrogens (tertiary/aromatic N) is 3. The molecule has 0 N–H and O–H groups in total. The SMILES string of the molecule is N#Cc1ccc(C2C3=C(CCCC3=O)N(c3cccc(C(F)(F)F)c3)C(=O)N2CC2CCOCC2)cc1. The van der Waals surface area contributed by atoms with Crippen molar-refractivity contribution in [1.82, 2.24) is 4.90 Å². The summed E-state index contributed by atoms with van der Waals surface area (Å²) >= 11 is 0. The molecular formula is C28H26F3N3O3. The molecule has 0 bridgehead atoms. The van der Waals surface area contributed by atoms with Crippen LogP contribution in [0.15, 0.2) is 59.8 Å². The molecule has 0 aromatic heterocycles. The van der Waals surface area contributed by atoms with Crippen LogP contribution in [0.5, 0.6) is 0 Å². The number of hydrogen-bond donors (Lipinski definition) is 0. The smallest absolute Gasteiger partial charge is 0.381 e. The van der Waals surface area contributed by atoms with Gasteiger partial charge < -0.3 is 9.64 Å². The number of rotatable bonds is 4. The number of halogens is 3. The van der Waals surface area contributed by atoms with E-state index >= 15 is 0 Å². The Balaban J connectivity index is 1.67. The summed E-state index contributed by atoms with van der Waals surface area (Å²) in [4.78, 5) is 30.5. The van der Waals surface area contributed by atoms with Gasteiger partial charge in [-0.1, -0.05) is 18.2 Å². The number of allylic oxidation sites excluding steroid dienone is 1.